The average molecular weight is 376 g/mol. The first-order valence-electron chi connectivity index (χ1n) is 7.80. The lowest BCUT2D eigenvalue weighted by molar-refractivity contribution is 0.0600. The molecule has 0 aliphatic rings. The van der Waals surface area contributed by atoms with Crippen LogP contribution in [0.15, 0.2) is 36.5 Å². The summed E-state index contributed by atoms with van der Waals surface area (Å²) in [6, 6.07) is 7.17. The van der Waals surface area contributed by atoms with Crippen LogP contribution >= 0.6 is 11.6 Å². The van der Waals surface area contributed by atoms with Gasteiger partial charge in [0.1, 0.15) is 17.2 Å². The maximum Gasteiger partial charge on any atom is 0.337 e. The number of halogens is 2. The molecule has 2 aromatic heterocycles. The Balaban J connectivity index is 2.02. The summed E-state index contributed by atoms with van der Waals surface area (Å²) in [6.07, 6.45) is 1.69. The first-order valence-corrected chi connectivity index (χ1v) is 8.18. The maximum atomic E-state index is 13.6. The van der Waals surface area contributed by atoms with Gasteiger partial charge in [-0.3, -0.25) is 9.20 Å². The highest BCUT2D eigenvalue weighted by molar-refractivity contribution is 6.34. The average Bonchev–Trinajstić information content (AvgIpc) is 3.00. The van der Waals surface area contributed by atoms with Crippen molar-refractivity contribution in [1.82, 2.24) is 9.38 Å². The Kier molecular flexibility index (Phi) is 4.90. The Morgan fingerprint density at radius 3 is 2.77 bits per heavy atom. The molecule has 0 bridgehead atoms. The molecule has 6 nitrogen and oxygen atoms in total. The maximum absolute atomic E-state index is 13.6. The van der Waals surface area contributed by atoms with Gasteiger partial charge in [-0.1, -0.05) is 18.5 Å². The van der Waals surface area contributed by atoms with Gasteiger partial charge in [-0.2, -0.15) is 0 Å². The molecule has 134 valence electrons. The predicted octanol–water partition coefficient (Wildman–Crippen LogP) is 3.73. The zero-order valence-electron chi connectivity index (χ0n) is 14.0. The molecule has 26 heavy (non-hydrogen) atoms. The molecule has 0 spiro atoms. The number of fused-ring (bicyclic) bond motifs is 1. The van der Waals surface area contributed by atoms with Gasteiger partial charge in [0.05, 0.1) is 29.1 Å². The number of amides is 1. The summed E-state index contributed by atoms with van der Waals surface area (Å²) >= 11 is 6.12. The third-order valence-corrected chi connectivity index (χ3v) is 4.17. The highest BCUT2D eigenvalue weighted by atomic mass is 35.5. The van der Waals surface area contributed by atoms with Gasteiger partial charge in [0.2, 0.25) is 0 Å². The number of aromatic nitrogens is 2. The van der Waals surface area contributed by atoms with Crippen molar-refractivity contribution >= 4 is 34.8 Å². The number of anilines is 1. The summed E-state index contributed by atoms with van der Waals surface area (Å²) in [4.78, 5) is 28.8. The highest BCUT2D eigenvalue weighted by Crippen LogP contribution is 2.25. The summed E-state index contributed by atoms with van der Waals surface area (Å²) in [6.45, 7) is 1.85. The normalized spacial score (nSPS) is 10.8. The molecule has 8 heteroatoms. The molecule has 3 aromatic rings. The van der Waals surface area contributed by atoms with Gasteiger partial charge < -0.3 is 10.1 Å². The number of imidazole rings is 1. The van der Waals surface area contributed by atoms with E-state index in [9.17, 15) is 14.0 Å². The molecule has 2 heterocycles. The second-order valence-electron chi connectivity index (χ2n) is 5.48. The Morgan fingerprint density at radius 1 is 1.31 bits per heavy atom. The molecule has 0 atom stereocenters. The standard InChI is InChI=1S/C18H15ClFN3O3/c1-3-13-16(23-9-11(20)5-7-15(23)21-13)17(24)22-14-8-10(18(25)26-2)4-6-12(14)19/h4-9H,3H2,1-2H3,(H,22,24). The number of hydrogen-bond donors (Lipinski definition) is 1. The third kappa shape index (κ3) is 3.25. The van der Waals surface area contributed by atoms with Crippen LogP contribution in [0.5, 0.6) is 0 Å². The first-order chi connectivity index (χ1) is 12.4. The summed E-state index contributed by atoms with van der Waals surface area (Å²) in [7, 11) is 1.26. The number of carbonyl (C=O) groups excluding carboxylic acids is 2. The number of methoxy groups -OCH3 is 1. The largest absolute Gasteiger partial charge is 0.465 e. The fraction of sp³-hybridized carbons (Fsp3) is 0.167. The molecule has 0 aliphatic carbocycles. The molecule has 0 unspecified atom stereocenters. The molecule has 0 aliphatic heterocycles. The van der Waals surface area contributed by atoms with E-state index in [2.05, 4.69) is 15.0 Å². The van der Waals surface area contributed by atoms with E-state index in [1.807, 2.05) is 6.92 Å². The zero-order valence-corrected chi connectivity index (χ0v) is 14.8. The monoisotopic (exact) mass is 375 g/mol. The minimum atomic E-state index is -0.553. The van der Waals surface area contributed by atoms with E-state index < -0.39 is 17.7 Å². The van der Waals surface area contributed by atoms with Crippen LogP contribution in [-0.2, 0) is 11.2 Å². The first kappa shape index (κ1) is 17.9. The van der Waals surface area contributed by atoms with Crippen LogP contribution in [0.4, 0.5) is 10.1 Å². The van der Waals surface area contributed by atoms with Gasteiger partial charge in [0.25, 0.3) is 5.91 Å². The Morgan fingerprint density at radius 2 is 2.08 bits per heavy atom. The van der Waals surface area contributed by atoms with E-state index in [4.69, 9.17) is 11.6 Å². The van der Waals surface area contributed by atoms with Crippen molar-refractivity contribution in [2.75, 3.05) is 12.4 Å². The molecule has 0 radical (unpaired) electrons. The van der Waals surface area contributed by atoms with E-state index >= 15 is 0 Å². The SMILES string of the molecule is CCc1nc2ccc(F)cn2c1C(=O)Nc1cc(C(=O)OC)ccc1Cl. The number of nitrogens with one attached hydrogen (secondary N) is 1. The molecular formula is C18H15ClFN3O3. The molecule has 3 rings (SSSR count). The van der Waals surface area contributed by atoms with Crippen molar-refractivity contribution in [3.8, 4) is 0 Å². The van der Waals surface area contributed by atoms with Crippen LogP contribution in [0.3, 0.4) is 0 Å². The summed E-state index contributed by atoms with van der Waals surface area (Å²) in [5.41, 5.74) is 1.68. The zero-order chi connectivity index (χ0) is 18.8. The van der Waals surface area contributed by atoms with Gasteiger partial charge >= 0.3 is 5.97 Å². The molecule has 0 fully saturated rings. The smallest absolute Gasteiger partial charge is 0.337 e. The number of esters is 1. The molecule has 0 saturated heterocycles. The van der Waals surface area contributed by atoms with Crippen LogP contribution in [0, 0.1) is 5.82 Å². The van der Waals surface area contributed by atoms with Crippen LogP contribution in [0.25, 0.3) is 5.65 Å². The summed E-state index contributed by atoms with van der Waals surface area (Å²) in [5.74, 6) is -1.55. The van der Waals surface area contributed by atoms with E-state index in [0.717, 1.165) is 0 Å². The van der Waals surface area contributed by atoms with Crippen molar-refractivity contribution in [2.24, 2.45) is 0 Å². The van der Waals surface area contributed by atoms with Crippen molar-refractivity contribution in [1.29, 1.82) is 0 Å². The van der Waals surface area contributed by atoms with Crippen LogP contribution in [-0.4, -0.2) is 28.4 Å². The third-order valence-electron chi connectivity index (χ3n) is 3.84. The van der Waals surface area contributed by atoms with Gasteiger partial charge in [-0.15, -0.1) is 0 Å². The minimum absolute atomic E-state index is 0.210. The number of hydrogen-bond acceptors (Lipinski definition) is 4. The van der Waals surface area contributed by atoms with Gasteiger partial charge in [-0.25, -0.2) is 14.2 Å². The molecule has 0 saturated carbocycles. The number of pyridine rings is 1. The molecule has 1 aromatic carbocycles. The Bertz CT molecular complexity index is 1020. The summed E-state index contributed by atoms with van der Waals surface area (Å²) < 4.78 is 19.7. The number of nitrogens with zero attached hydrogens (tertiary/aromatic N) is 2. The highest BCUT2D eigenvalue weighted by Gasteiger charge is 2.20. The van der Waals surface area contributed by atoms with Crippen molar-refractivity contribution in [2.45, 2.75) is 13.3 Å². The van der Waals surface area contributed by atoms with Crippen molar-refractivity contribution in [3.05, 3.63) is 64.3 Å². The van der Waals surface area contributed by atoms with Crippen LogP contribution < -0.4 is 5.32 Å². The lowest BCUT2D eigenvalue weighted by Crippen LogP contribution is -2.17. The number of carbonyl (C=O) groups is 2. The fourth-order valence-corrected chi connectivity index (χ4v) is 2.77. The van der Waals surface area contributed by atoms with E-state index in [1.54, 1.807) is 0 Å². The summed E-state index contributed by atoms with van der Waals surface area (Å²) in [5, 5.41) is 2.91. The molecule has 1 amide bonds. The number of ether oxygens (including phenoxy) is 1. The molecule has 1 N–H and O–H groups in total. The number of rotatable bonds is 4. The van der Waals surface area contributed by atoms with E-state index in [-0.39, 0.29) is 22.0 Å². The van der Waals surface area contributed by atoms with Crippen molar-refractivity contribution < 1.29 is 18.7 Å². The number of benzene rings is 1. The minimum Gasteiger partial charge on any atom is -0.465 e. The topological polar surface area (TPSA) is 72.7 Å². The van der Waals surface area contributed by atoms with Gasteiger partial charge in [0.15, 0.2) is 0 Å². The Hall–Kier alpha value is -2.93. The van der Waals surface area contributed by atoms with Gasteiger partial charge in [0, 0.05) is 6.20 Å². The number of aryl methyl sites for hydroxylation is 1. The lowest BCUT2D eigenvalue weighted by atomic mass is 10.2. The fourth-order valence-electron chi connectivity index (χ4n) is 2.60. The predicted molar refractivity (Wildman–Crippen MR) is 95.3 cm³/mol. The Labute approximate surface area is 153 Å². The van der Waals surface area contributed by atoms with Gasteiger partial charge in [-0.05, 0) is 36.8 Å². The van der Waals surface area contributed by atoms with Crippen molar-refractivity contribution in [3.63, 3.8) is 0 Å². The lowest BCUT2D eigenvalue weighted by Gasteiger charge is -2.10. The quantitative estimate of drug-likeness (QED) is 0.705. The second kappa shape index (κ2) is 7.13. The van der Waals surface area contributed by atoms with Crippen LogP contribution in [0.2, 0.25) is 5.02 Å². The second-order valence-corrected chi connectivity index (χ2v) is 5.88. The van der Waals surface area contributed by atoms with E-state index in [1.165, 1.54) is 48.0 Å². The van der Waals surface area contributed by atoms with E-state index in [0.29, 0.717) is 17.8 Å². The van der Waals surface area contributed by atoms with Crippen LogP contribution in [0.1, 0.15) is 33.5 Å². The molecular weight excluding hydrogens is 361 g/mol.